The summed E-state index contributed by atoms with van der Waals surface area (Å²) in [7, 11) is 1.61. The first-order chi connectivity index (χ1) is 14.7. The fourth-order valence-electron chi connectivity index (χ4n) is 3.03. The Kier molecular flexibility index (Phi) is 6.04. The van der Waals surface area contributed by atoms with Crippen molar-refractivity contribution in [3.05, 3.63) is 63.2 Å². The Morgan fingerprint density at radius 2 is 2.10 bits per heavy atom. The number of nitrogens with zero attached hydrogens (tertiary/aromatic N) is 4. The molecule has 4 aromatic rings. The van der Waals surface area contributed by atoms with Gasteiger partial charge in [0, 0.05) is 18.0 Å². The maximum absolute atomic E-state index is 12.8. The highest BCUT2D eigenvalue weighted by Gasteiger charge is 2.12. The number of pyridine rings is 1. The summed E-state index contributed by atoms with van der Waals surface area (Å²) >= 11 is 1.30. The van der Waals surface area contributed by atoms with Gasteiger partial charge in [-0.15, -0.1) is 5.10 Å². The molecule has 3 heterocycles. The molecule has 8 heteroatoms. The number of rotatable bonds is 8. The normalized spacial score (nSPS) is 11.9. The quantitative estimate of drug-likeness (QED) is 0.405. The van der Waals surface area contributed by atoms with Crippen LogP contribution in [0.25, 0.3) is 22.4 Å². The van der Waals surface area contributed by atoms with Crippen molar-refractivity contribution in [3.63, 3.8) is 0 Å². The summed E-state index contributed by atoms with van der Waals surface area (Å²) in [5.41, 5.74) is 1.43. The van der Waals surface area contributed by atoms with Crippen molar-refractivity contribution in [3.8, 4) is 22.9 Å². The first-order valence-electron chi connectivity index (χ1n) is 9.82. The van der Waals surface area contributed by atoms with Crippen LogP contribution in [-0.2, 0) is 0 Å². The van der Waals surface area contributed by atoms with Crippen LogP contribution < -0.4 is 19.6 Å². The minimum atomic E-state index is -0.198. The predicted molar refractivity (Wildman–Crippen MR) is 117 cm³/mol. The molecule has 0 aliphatic carbocycles. The van der Waals surface area contributed by atoms with E-state index >= 15 is 0 Å². The molecule has 0 aliphatic rings. The van der Waals surface area contributed by atoms with Gasteiger partial charge in [0.2, 0.25) is 4.96 Å². The van der Waals surface area contributed by atoms with Gasteiger partial charge < -0.3 is 9.47 Å². The third-order valence-corrected chi connectivity index (χ3v) is 5.55. The Bertz CT molecular complexity index is 1250. The average Bonchev–Trinajstić information content (AvgIpc) is 3.32. The molecular formula is C22H22N4O3S. The molecule has 0 aliphatic heterocycles. The van der Waals surface area contributed by atoms with Crippen molar-refractivity contribution in [1.82, 2.24) is 19.6 Å². The molecule has 0 unspecified atom stereocenters. The van der Waals surface area contributed by atoms with Crippen molar-refractivity contribution < 1.29 is 9.47 Å². The molecule has 0 radical (unpaired) electrons. The molecule has 154 valence electrons. The van der Waals surface area contributed by atoms with E-state index in [4.69, 9.17) is 9.47 Å². The summed E-state index contributed by atoms with van der Waals surface area (Å²) in [4.78, 5) is 21.9. The Labute approximate surface area is 177 Å². The molecule has 7 nitrogen and oxygen atoms in total. The van der Waals surface area contributed by atoms with Crippen LogP contribution in [0.5, 0.6) is 11.5 Å². The van der Waals surface area contributed by atoms with Crippen LogP contribution in [0, 0.1) is 0 Å². The number of unbranched alkanes of at least 4 members (excludes halogenated alkanes) is 2. The number of hydrogen-bond donors (Lipinski definition) is 0. The van der Waals surface area contributed by atoms with Crippen molar-refractivity contribution in [2.24, 2.45) is 0 Å². The van der Waals surface area contributed by atoms with Gasteiger partial charge >= 0.3 is 0 Å². The Hall–Kier alpha value is -3.26. The number of fused-ring (bicyclic) bond motifs is 1. The minimum Gasteiger partial charge on any atom is -0.493 e. The summed E-state index contributed by atoms with van der Waals surface area (Å²) in [5.74, 6) is 1.84. The van der Waals surface area contributed by atoms with Crippen molar-refractivity contribution >= 4 is 22.4 Å². The highest BCUT2D eigenvalue weighted by Crippen LogP contribution is 2.28. The van der Waals surface area contributed by atoms with Gasteiger partial charge in [0.1, 0.15) is 0 Å². The fourth-order valence-corrected chi connectivity index (χ4v) is 3.94. The van der Waals surface area contributed by atoms with Crippen LogP contribution in [-0.4, -0.2) is 33.3 Å². The SMILES string of the molecule is CCCCCOc1ccc(/C=c2/sc3nc(-c4cccnc4)nn3c2=O)cc1OC. The number of ether oxygens (including phenoxy) is 2. The van der Waals surface area contributed by atoms with E-state index < -0.39 is 0 Å². The number of hydrogen-bond acceptors (Lipinski definition) is 7. The Morgan fingerprint density at radius 1 is 1.20 bits per heavy atom. The molecular weight excluding hydrogens is 400 g/mol. The zero-order valence-electron chi connectivity index (χ0n) is 16.9. The zero-order chi connectivity index (χ0) is 20.9. The smallest absolute Gasteiger partial charge is 0.291 e. The third-order valence-electron chi connectivity index (χ3n) is 4.59. The second kappa shape index (κ2) is 9.04. The van der Waals surface area contributed by atoms with E-state index in [0.717, 1.165) is 30.4 Å². The maximum atomic E-state index is 12.8. The van der Waals surface area contributed by atoms with Crippen LogP contribution in [0.15, 0.2) is 47.5 Å². The first kappa shape index (κ1) is 20.0. The summed E-state index contributed by atoms with van der Waals surface area (Å²) in [6.45, 7) is 2.82. The van der Waals surface area contributed by atoms with Crippen molar-refractivity contribution in [2.45, 2.75) is 26.2 Å². The second-order valence-electron chi connectivity index (χ2n) is 6.75. The standard InChI is InChI=1S/C22H22N4O3S/c1-3-4-5-11-29-17-9-8-15(12-18(17)28-2)13-19-21(27)26-22(30-19)24-20(25-26)16-7-6-10-23-14-16/h6-10,12-14H,3-5,11H2,1-2H3/b19-13+. The number of aromatic nitrogens is 4. The summed E-state index contributed by atoms with van der Waals surface area (Å²) in [6.07, 6.45) is 8.47. The molecule has 0 fully saturated rings. The lowest BCUT2D eigenvalue weighted by Crippen LogP contribution is -2.23. The summed E-state index contributed by atoms with van der Waals surface area (Å²) < 4.78 is 13.2. The fraction of sp³-hybridized carbons (Fsp3) is 0.273. The van der Waals surface area contributed by atoms with Gasteiger partial charge in [-0.2, -0.15) is 9.50 Å². The van der Waals surface area contributed by atoms with E-state index in [0.29, 0.717) is 33.4 Å². The van der Waals surface area contributed by atoms with Crippen LogP contribution in [0.4, 0.5) is 0 Å². The topological polar surface area (TPSA) is 78.6 Å². The van der Waals surface area contributed by atoms with Gasteiger partial charge in [-0.1, -0.05) is 37.2 Å². The van der Waals surface area contributed by atoms with Crippen LogP contribution in [0.2, 0.25) is 0 Å². The molecule has 0 spiro atoms. The summed E-state index contributed by atoms with van der Waals surface area (Å²) in [5, 5.41) is 4.34. The molecule has 0 amide bonds. The van der Waals surface area contributed by atoms with Crippen LogP contribution in [0.1, 0.15) is 31.7 Å². The zero-order valence-corrected chi connectivity index (χ0v) is 17.7. The molecule has 0 atom stereocenters. The molecule has 1 aromatic carbocycles. The lowest BCUT2D eigenvalue weighted by molar-refractivity contribution is 0.286. The van der Waals surface area contributed by atoms with E-state index in [-0.39, 0.29) is 5.56 Å². The molecule has 0 N–H and O–H groups in total. The van der Waals surface area contributed by atoms with E-state index in [2.05, 4.69) is 22.0 Å². The van der Waals surface area contributed by atoms with E-state index in [1.807, 2.05) is 36.4 Å². The molecule has 0 saturated carbocycles. The van der Waals surface area contributed by atoms with E-state index in [1.54, 1.807) is 19.5 Å². The van der Waals surface area contributed by atoms with Gasteiger partial charge in [0.25, 0.3) is 5.56 Å². The third kappa shape index (κ3) is 4.18. The first-order valence-corrected chi connectivity index (χ1v) is 10.6. The summed E-state index contributed by atoms with van der Waals surface area (Å²) in [6, 6.07) is 9.33. The van der Waals surface area contributed by atoms with Gasteiger partial charge in [0.05, 0.1) is 18.2 Å². The molecule has 3 aromatic heterocycles. The monoisotopic (exact) mass is 422 g/mol. The molecule has 4 rings (SSSR count). The van der Waals surface area contributed by atoms with Gasteiger partial charge in [-0.05, 0) is 42.3 Å². The van der Waals surface area contributed by atoms with Gasteiger partial charge in [0.15, 0.2) is 17.3 Å². The highest BCUT2D eigenvalue weighted by molar-refractivity contribution is 7.15. The average molecular weight is 423 g/mol. The maximum Gasteiger partial charge on any atom is 0.291 e. The molecule has 30 heavy (non-hydrogen) atoms. The number of benzene rings is 1. The minimum absolute atomic E-state index is 0.198. The van der Waals surface area contributed by atoms with Gasteiger partial charge in [-0.3, -0.25) is 9.78 Å². The predicted octanol–water partition coefficient (Wildman–Crippen LogP) is 3.34. The number of methoxy groups -OCH3 is 1. The lowest BCUT2D eigenvalue weighted by Gasteiger charge is -2.11. The molecule has 0 saturated heterocycles. The second-order valence-corrected chi connectivity index (χ2v) is 7.76. The highest BCUT2D eigenvalue weighted by atomic mass is 32.1. The lowest BCUT2D eigenvalue weighted by atomic mass is 10.2. The van der Waals surface area contributed by atoms with Crippen molar-refractivity contribution in [2.75, 3.05) is 13.7 Å². The Morgan fingerprint density at radius 3 is 2.83 bits per heavy atom. The number of thiazole rings is 1. The Balaban J connectivity index is 1.62. The molecule has 0 bridgehead atoms. The van der Waals surface area contributed by atoms with E-state index in [1.165, 1.54) is 15.9 Å². The van der Waals surface area contributed by atoms with Crippen molar-refractivity contribution in [1.29, 1.82) is 0 Å². The largest absolute Gasteiger partial charge is 0.493 e. The van der Waals surface area contributed by atoms with Crippen LogP contribution >= 0.6 is 11.3 Å². The van der Waals surface area contributed by atoms with Crippen LogP contribution in [0.3, 0.4) is 0 Å². The van der Waals surface area contributed by atoms with E-state index in [9.17, 15) is 4.79 Å². The van der Waals surface area contributed by atoms with Gasteiger partial charge in [-0.25, -0.2) is 0 Å².